The quantitative estimate of drug-likeness (QED) is 0.416. The Kier molecular flexibility index (Phi) is 3.83. The highest BCUT2D eigenvalue weighted by molar-refractivity contribution is 6.74. The third-order valence-electron chi connectivity index (χ3n) is 1.85. The first kappa shape index (κ1) is 11.7. The summed E-state index contributed by atoms with van der Waals surface area (Å²) in [6.45, 7) is -1.33. The van der Waals surface area contributed by atoms with E-state index in [1.54, 1.807) is 6.08 Å². The molecule has 0 saturated carbocycles. The minimum absolute atomic E-state index is 0.105. The molecular formula is C10H11BF3O-. The first-order valence-corrected chi connectivity index (χ1v) is 4.58. The van der Waals surface area contributed by atoms with E-state index in [2.05, 4.69) is 6.58 Å². The second-order valence-corrected chi connectivity index (χ2v) is 3.04. The lowest BCUT2D eigenvalue weighted by Crippen LogP contribution is -2.35. The number of hydrogen-bond donors (Lipinski definition) is 0. The third kappa shape index (κ3) is 3.34. The van der Waals surface area contributed by atoms with Crippen molar-refractivity contribution in [2.75, 3.05) is 6.61 Å². The van der Waals surface area contributed by atoms with E-state index in [9.17, 15) is 12.9 Å². The van der Waals surface area contributed by atoms with Crippen LogP contribution in [0, 0.1) is 0 Å². The number of benzene rings is 1. The van der Waals surface area contributed by atoms with E-state index in [0.717, 1.165) is 6.07 Å². The molecule has 0 saturated heterocycles. The van der Waals surface area contributed by atoms with Gasteiger partial charge in [-0.1, -0.05) is 29.7 Å². The number of halogens is 3. The predicted octanol–water partition coefficient (Wildman–Crippen LogP) is 2.70. The van der Waals surface area contributed by atoms with Crippen molar-refractivity contribution < 1.29 is 17.7 Å². The summed E-state index contributed by atoms with van der Waals surface area (Å²) in [5.41, 5.74) is -0.679. The summed E-state index contributed by atoms with van der Waals surface area (Å²) in [5, 5.41) is 0. The Hall–Kier alpha value is -1.39. The van der Waals surface area contributed by atoms with Gasteiger partial charge in [-0.25, -0.2) is 0 Å². The van der Waals surface area contributed by atoms with Crippen molar-refractivity contribution in [3.63, 3.8) is 0 Å². The van der Waals surface area contributed by atoms with Gasteiger partial charge in [-0.3, -0.25) is 0 Å². The topological polar surface area (TPSA) is 9.23 Å². The van der Waals surface area contributed by atoms with Gasteiger partial charge in [0.2, 0.25) is 0 Å². The van der Waals surface area contributed by atoms with Crippen LogP contribution in [0.5, 0.6) is 5.75 Å². The molecule has 15 heavy (non-hydrogen) atoms. The third-order valence-corrected chi connectivity index (χ3v) is 1.85. The second kappa shape index (κ2) is 4.91. The molecule has 0 spiro atoms. The zero-order chi connectivity index (χ0) is 11.3. The van der Waals surface area contributed by atoms with E-state index < -0.39 is 12.4 Å². The maximum atomic E-state index is 12.5. The van der Waals surface area contributed by atoms with Crippen molar-refractivity contribution in [2.45, 2.75) is 6.42 Å². The van der Waals surface area contributed by atoms with Gasteiger partial charge in [-0.2, -0.15) is 0 Å². The Bertz CT molecular complexity index is 336. The van der Waals surface area contributed by atoms with Crippen LogP contribution >= 0.6 is 0 Å². The summed E-state index contributed by atoms with van der Waals surface area (Å²) in [6.07, 6.45) is 2.13. The number of ether oxygens (including phenoxy) is 1. The second-order valence-electron chi connectivity index (χ2n) is 3.04. The molecule has 0 radical (unpaired) electrons. The first-order valence-electron chi connectivity index (χ1n) is 4.58. The van der Waals surface area contributed by atoms with E-state index in [1.807, 2.05) is 0 Å². The molecule has 0 N–H and O–H groups in total. The van der Waals surface area contributed by atoms with Gasteiger partial charge in [-0.15, -0.1) is 6.58 Å². The minimum atomic E-state index is -5.01. The Morgan fingerprint density at radius 1 is 1.27 bits per heavy atom. The van der Waals surface area contributed by atoms with Crippen LogP contribution in [0.1, 0.15) is 6.42 Å². The number of rotatable bonds is 5. The van der Waals surface area contributed by atoms with E-state index in [0.29, 0.717) is 6.42 Å². The van der Waals surface area contributed by atoms with Crippen LogP contribution in [0.4, 0.5) is 12.9 Å². The van der Waals surface area contributed by atoms with Crippen LogP contribution < -0.4 is 10.2 Å². The van der Waals surface area contributed by atoms with Crippen LogP contribution in [0.3, 0.4) is 0 Å². The summed E-state index contributed by atoms with van der Waals surface area (Å²) in [7, 11) is 0. The molecular weight excluding hydrogens is 204 g/mol. The molecule has 0 fully saturated rings. The van der Waals surface area contributed by atoms with Crippen LogP contribution in [-0.2, 0) is 0 Å². The van der Waals surface area contributed by atoms with Gasteiger partial charge in [0.1, 0.15) is 0 Å². The standard InChI is InChI=1S/C10H11BF3O/c1-2-3-8-15-10-7-5-4-6-9(10)11(12,13)14/h2,4-7H,1,3,8H2/q-1. The molecule has 0 aliphatic rings. The predicted molar refractivity (Wildman–Crippen MR) is 55.5 cm³/mol. The first-order chi connectivity index (χ1) is 7.05. The molecule has 0 aliphatic heterocycles. The number of hydrogen-bond acceptors (Lipinski definition) is 1. The molecule has 1 aromatic carbocycles. The fourth-order valence-corrected chi connectivity index (χ4v) is 1.13. The summed E-state index contributed by atoms with van der Waals surface area (Å²) in [6, 6.07) is 5.23. The maximum Gasteiger partial charge on any atom is 0.513 e. The summed E-state index contributed by atoms with van der Waals surface area (Å²) in [5.74, 6) is -0.105. The van der Waals surface area contributed by atoms with E-state index in [-0.39, 0.29) is 12.4 Å². The molecule has 1 aromatic rings. The normalized spacial score (nSPS) is 11.1. The molecule has 0 unspecified atom stereocenters. The van der Waals surface area contributed by atoms with Crippen molar-refractivity contribution in [2.24, 2.45) is 0 Å². The summed E-state index contributed by atoms with van der Waals surface area (Å²) >= 11 is 0. The van der Waals surface area contributed by atoms with Gasteiger partial charge in [0, 0.05) is 0 Å². The summed E-state index contributed by atoms with van der Waals surface area (Å²) in [4.78, 5) is 0. The fourth-order valence-electron chi connectivity index (χ4n) is 1.13. The largest absolute Gasteiger partial charge is 0.513 e. The highest BCUT2D eigenvalue weighted by Crippen LogP contribution is 2.17. The molecule has 0 aliphatic carbocycles. The molecule has 0 bridgehead atoms. The van der Waals surface area contributed by atoms with Crippen molar-refractivity contribution in [1.29, 1.82) is 0 Å². The molecule has 1 nitrogen and oxygen atoms in total. The van der Waals surface area contributed by atoms with E-state index in [1.165, 1.54) is 18.2 Å². The fraction of sp³-hybridized carbons (Fsp3) is 0.200. The Morgan fingerprint density at radius 3 is 2.53 bits per heavy atom. The van der Waals surface area contributed by atoms with Crippen LogP contribution in [0.15, 0.2) is 36.9 Å². The van der Waals surface area contributed by atoms with Gasteiger partial charge in [0.05, 0.1) is 12.4 Å². The lowest BCUT2D eigenvalue weighted by molar-refractivity contribution is 0.325. The smallest absolute Gasteiger partial charge is 0.496 e. The van der Waals surface area contributed by atoms with E-state index in [4.69, 9.17) is 4.74 Å². The molecule has 1 rings (SSSR count). The van der Waals surface area contributed by atoms with Gasteiger partial charge >= 0.3 is 6.98 Å². The van der Waals surface area contributed by atoms with Gasteiger partial charge in [0.15, 0.2) is 0 Å². The molecule has 0 atom stereocenters. The molecule has 0 heterocycles. The van der Waals surface area contributed by atoms with Crippen molar-refractivity contribution in [1.82, 2.24) is 0 Å². The van der Waals surface area contributed by atoms with Crippen LogP contribution in [0.2, 0.25) is 0 Å². The lowest BCUT2D eigenvalue weighted by Gasteiger charge is -2.19. The minimum Gasteiger partial charge on any atom is -0.496 e. The Morgan fingerprint density at radius 2 is 1.93 bits per heavy atom. The average Bonchev–Trinajstić information content (AvgIpc) is 2.17. The lowest BCUT2D eigenvalue weighted by atomic mass is 9.79. The van der Waals surface area contributed by atoms with E-state index >= 15 is 0 Å². The zero-order valence-electron chi connectivity index (χ0n) is 8.13. The Balaban J connectivity index is 2.82. The highest BCUT2D eigenvalue weighted by atomic mass is 19.4. The maximum absolute atomic E-state index is 12.5. The SMILES string of the molecule is C=CCCOc1ccccc1[B-](F)(F)F. The Labute approximate surface area is 86.6 Å². The van der Waals surface area contributed by atoms with Gasteiger partial charge in [0.25, 0.3) is 0 Å². The van der Waals surface area contributed by atoms with Crippen LogP contribution in [0.25, 0.3) is 0 Å². The van der Waals surface area contributed by atoms with Crippen molar-refractivity contribution in [3.8, 4) is 5.75 Å². The van der Waals surface area contributed by atoms with Crippen molar-refractivity contribution >= 4 is 12.4 Å². The molecule has 0 amide bonds. The zero-order valence-corrected chi connectivity index (χ0v) is 8.13. The monoisotopic (exact) mass is 215 g/mol. The molecule has 0 aromatic heterocycles. The number of para-hydroxylation sites is 1. The average molecular weight is 215 g/mol. The van der Waals surface area contributed by atoms with Gasteiger partial charge < -0.3 is 17.7 Å². The van der Waals surface area contributed by atoms with Crippen molar-refractivity contribution in [3.05, 3.63) is 36.9 Å². The van der Waals surface area contributed by atoms with Crippen LogP contribution in [-0.4, -0.2) is 13.6 Å². The highest BCUT2D eigenvalue weighted by Gasteiger charge is 2.28. The molecule has 5 heteroatoms. The van der Waals surface area contributed by atoms with Gasteiger partial charge in [-0.05, 0) is 12.5 Å². The summed E-state index contributed by atoms with van der Waals surface area (Å²) < 4.78 is 42.6. The molecule has 82 valence electrons.